The lowest BCUT2D eigenvalue weighted by atomic mass is 9.95. The first-order chi connectivity index (χ1) is 14.0. The zero-order valence-electron chi connectivity index (χ0n) is 15.5. The van der Waals surface area contributed by atoms with Gasteiger partial charge in [-0.2, -0.15) is 0 Å². The Bertz CT molecular complexity index is 962. The summed E-state index contributed by atoms with van der Waals surface area (Å²) in [7, 11) is 0. The van der Waals surface area contributed by atoms with E-state index in [9.17, 15) is 24.2 Å². The predicted molar refractivity (Wildman–Crippen MR) is 102 cm³/mol. The summed E-state index contributed by atoms with van der Waals surface area (Å²) in [5, 5.41) is 20.5. The number of phenolic OH excluding ortho intramolecular Hbond substituents is 1. The molecule has 0 bridgehead atoms. The Hall–Kier alpha value is -3.19. The van der Waals surface area contributed by atoms with E-state index >= 15 is 0 Å². The molecule has 2 aliphatic heterocycles. The summed E-state index contributed by atoms with van der Waals surface area (Å²) >= 11 is 0. The molecule has 2 fully saturated rings. The van der Waals surface area contributed by atoms with E-state index in [4.69, 9.17) is 4.74 Å². The molecular formula is C22H20FNO5. The summed E-state index contributed by atoms with van der Waals surface area (Å²) in [5.74, 6) is -2.32. The van der Waals surface area contributed by atoms with Crippen molar-refractivity contribution < 1.29 is 28.9 Å². The van der Waals surface area contributed by atoms with E-state index in [1.807, 2.05) is 0 Å². The number of amides is 1. The van der Waals surface area contributed by atoms with Gasteiger partial charge < -0.3 is 19.8 Å². The molecule has 2 unspecified atom stereocenters. The number of carbonyl (C=O) groups is 2. The molecule has 2 aliphatic rings. The van der Waals surface area contributed by atoms with Crippen LogP contribution in [0.1, 0.15) is 30.0 Å². The zero-order valence-corrected chi connectivity index (χ0v) is 15.5. The Kier molecular flexibility index (Phi) is 5.07. The Morgan fingerprint density at radius 2 is 1.79 bits per heavy atom. The molecule has 2 atom stereocenters. The highest BCUT2D eigenvalue weighted by Gasteiger charge is 2.47. The second kappa shape index (κ2) is 7.67. The molecule has 150 valence electrons. The van der Waals surface area contributed by atoms with Crippen molar-refractivity contribution in [1.82, 2.24) is 4.90 Å². The maximum absolute atomic E-state index is 13.3. The van der Waals surface area contributed by atoms with E-state index in [0.29, 0.717) is 12.2 Å². The van der Waals surface area contributed by atoms with Crippen molar-refractivity contribution in [1.29, 1.82) is 0 Å². The number of likely N-dealkylation sites (tertiary alicyclic amines) is 1. The molecule has 2 heterocycles. The fraction of sp³-hybridized carbons (Fsp3) is 0.273. The van der Waals surface area contributed by atoms with Crippen LogP contribution in [0.15, 0.2) is 54.1 Å². The molecule has 0 radical (unpaired) electrons. The summed E-state index contributed by atoms with van der Waals surface area (Å²) in [6.07, 6.45) is 1.48. The molecule has 2 N–H and O–H groups in total. The van der Waals surface area contributed by atoms with Gasteiger partial charge in [0.1, 0.15) is 17.3 Å². The second-order valence-electron chi connectivity index (χ2n) is 7.18. The first-order valence-corrected chi connectivity index (χ1v) is 9.40. The lowest BCUT2D eigenvalue weighted by molar-refractivity contribution is -0.140. The number of carbonyl (C=O) groups excluding carboxylic acids is 2. The van der Waals surface area contributed by atoms with E-state index in [0.717, 1.165) is 12.8 Å². The molecule has 1 amide bonds. The molecule has 2 aromatic rings. The minimum atomic E-state index is -0.829. The van der Waals surface area contributed by atoms with Gasteiger partial charge in [-0.15, -0.1) is 0 Å². The van der Waals surface area contributed by atoms with Crippen molar-refractivity contribution in [3.63, 3.8) is 0 Å². The lowest BCUT2D eigenvalue weighted by Crippen LogP contribution is -2.36. The van der Waals surface area contributed by atoms with Crippen molar-refractivity contribution in [3.05, 3.63) is 71.0 Å². The number of aliphatic hydroxyl groups excluding tert-OH is 1. The average Bonchev–Trinajstić information content (AvgIpc) is 3.31. The number of ketones is 1. The number of aromatic hydroxyl groups is 1. The fourth-order valence-electron chi connectivity index (χ4n) is 3.84. The first-order valence-electron chi connectivity index (χ1n) is 9.40. The summed E-state index contributed by atoms with van der Waals surface area (Å²) < 4.78 is 18.9. The maximum atomic E-state index is 13.3. The molecule has 7 heteroatoms. The van der Waals surface area contributed by atoms with Crippen LogP contribution >= 0.6 is 0 Å². The summed E-state index contributed by atoms with van der Waals surface area (Å²) in [6, 6.07) is 10.3. The Morgan fingerprint density at radius 1 is 1.10 bits per heavy atom. The van der Waals surface area contributed by atoms with Crippen molar-refractivity contribution in [3.8, 4) is 5.75 Å². The van der Waals surface area contributed by atoms with Crippen molar-refractivity contribution >= 4 is 17.4 Å². The van der Waals surface area contributed by atoms with Gasteiger partial charge in [0.25, 0.3) is 11.7 Å². The molecule has 4 rings (SSSR count). The number of nitrogens with zero attached hydrogens (tertiary/aromatic N) is 1. The highest BCUT2D eigenvalue weighted by atomic mass is 19.1. The van der Waals surface area contributed by atoms with Crippen LogP contribution in [0.25, 0.3) is 5.76 Å². The highest BCUT2D eigenvalue weighted by Crippen LogP contribution is 2.40. The minimum absolute atomic E-state index is 0.0448. The summed E-state index contributed by atoms with van der Waals surface area (Å²) in [5.41, 5.74) is 0.749. The standard InChI is InChI=1S/C22H20FNO5/c23-15-7-3-14(4-8-15)20(26)18-19(13-5-9-16(25)10-6-13)24(22(28)21(18)27)12-17-2-1-11-29-17/h3-10,17,19,25-26H,1-2,11-12H2. The monoisotopic (exact) mass is 397 g/mol. The summed E-state index contributed by atoms with van der Waals surface area (Å²) in [4.78, 5) is 27.1. The number of hydrogen-bond acceptors (Lipinski definition) is 5. The number of hydrogen-bond donors (Lipinski definition) is 2. The van der Waals surface area contributed by atoms with Crippen molar-refractivity contribution in [2.45, 2.75) is 25.0 Å². The van der Waals surface area contributed by atoms with E-state index in [1.165, 1.54) is 41.3 Å². The van der Waals surface area contributed by atoms with Crippen LogP contribution in [0.5, 0.6) is 5.75 Å². The molecule has 0 saturated carbocycles. The topological polar surface area (TPSA) is 87.1 Å². The maximum Gasteiger partial charge on any atom is 0.295 e. The van der Waals surface area contributed by atoms with E-state index in [-0.39, 0.29) is 35.3 Å². The predicted octanol–water partition coefficient (Wildman–Crippen LogP) is 3.13. The van der Waals surface area contributed by atoms with E-state index in [1.54, 1.807) is 12.1 Å². The van der Waals surface area contributed by atoms with Crippen molar-refractivity contribution in [2.24, 2.45) is 0 Å². The largest absolute Gasteiger partial charge is 0.508 e. The number of Topliss-reactive ketones (excluding diaryl/α,β-unsaturated/α-hetero) is 1. The van der Waals surface area contributed by atoms with Gasteiger partial charge in [-0.3, -0.25) is 9.59 Å². The van der Waals surface area contributed by atoms with Gasteiger partial charge >= 0.3 is 0 Å². The average molecular weight is 397 g/mol. The number of benzene rings is 2. The minimum Gasteiger partial charge on any atom is -0.508 e. The van der Waals surface area contributed by atoms with Gasteiger partial charge in [-0.25, -0.2) is 4.39 Å². The van der Waals surface area contributed by atoms with Gasteiger partial charge in [0.05, 0.1) is 17.7 Å². The Labute approximate surface area is 166 Å². The molecule has 0 spiro atoms. The van der Waals surface area contributed by atoms with Crippen LogP contribution in [0.3, 0.4) is 0 Å². The van der Waals surface area contributed by atoms with Gasteiger partial charge in [0.15, 0.2) is 0 Å². The highest BCUT2D eigenvalue weighted by molar-refractivity contribution is 6.46. The van der Waals surface area contributed by atoms with Crippen LogP contribution < -0.4 is 0 Å². The van der Waals surface area contributed by atoms with Gasteiger partial charge in [-0.05, 0) is 54.8 Å². The zero-order chi connectivity index (χ0) is 20.5. The molecule has 0 aliphatic carbocycles. The van der Waals surface area contributed by atoms with Crippen LogP contribution in [-0.4, -0.2) is 46.1 Å². The smallest absolute Gasteiger partial charge is 0.295 e. The fourth-order valence-corrected chi connectivity index (χ4v) is 3.84. The molecule has 6 nitrogen and oxygen atoms in total. The third-order valence-corrected chi connectivity index (χ3v) is 5.29. The Balaban J connectivity index is 1.81. The first kappa shape index (κ1) is 19.1. The van der Waals surface area contributed by atoms with E-state index in [2.05, 4.69) is 0 Å². The lowest BCUT2D eigenvalue weighted by Gasteiger charge is -2.27. The van der Waals surface area contributed by atoms with E-state index < -0.39 is 23.5 Å². The Morgan fingerprint density at radius 3 is 2.41 bits per heavy atom. The van der Waals surface area contributed by atoms with Gasteiger partial charge in [0.2, 0.25) is 0 Å². The SMILES string of the molecule is O=C1C(=O)N(CC2CCCO2)C(c2ccc(O)cc2)C1=C(O)c1ccc(F)cc1. The third-order valence-electron chi connectivity index (χ3n) is 5.29. The summed E-state index contributed by atoms with van der Waals surface area (Å²) in [6.45, 7) is 0.824. The van der Waals surface area contributed by atoms with Crippen LogP contribution in [0, 0.1) is 5.82 Å². The van der Waals surface area contributed by atoms with Gasteiger partial charge in [0, 0.05) is 18.7 Å². The number of halogens is 1. The number of phenols is 1. The quantitative estimate of drug-likeness (QED) is 0.470. The van der Waals surface area contributed by atoms with Crippen LogP contribution in [0.2, 0.25) is 0 Å². The van der Waals surface area contributed by atoms with Crippen LogP contribution in [0.4, 0.5) is 4.39 Å². The van der Waals surface area contributed by atoms with Crippen molar-refractivity contribution in [2.75, 3.05) is 13.2 Å². The number of rotatable bonds is 4. The van der Waals surface area contributed by atoms with Gasteiger partial charge in [-0.1, -0.05) is 12.1 Å². The molecule has 0 aromatic heterocycles. The molecular weight excluding hydrogens is 377 g/mol. The normalized spacial score (nSPS) is 23.7. The molecule has 29 heavy (non-hydrogen) atoms. The second-order valence-corrected chi connectivity index (χ2v) is 7.18. The molecule has 2 saturated heterocycles. The number of ether oxygens (including phenoxy) is 1. The van der Waals surface area contributed by atoms with Crippen LogP contribution in [-0.2, 0) is 14.3 Å². The molecule has 2 aromatic carbocycles. The third kappa shape index (κ3) is 3.61. The number of aliphatic hydroxyl groups is 1.